The Balaban J connectivity index is 1.86. The summed E-state index contributed by atoms with van der Waals surface area (Å²) in [6.45, 7) is 0. The minimum absolute atomic E-state index is 0.153. The molecule has 1 heterocycles. The van der Waals surface area contributed by atoms with Gasteiger partial charge in [-0.15, -0.1) is 0 Å². The molecule has 20 heavy (non-hydrogen) atoms. The van der Waals surface area contributed by atoms with Gasteiger partial charge in [0.25, 0.3) is 5.89 Å². The number of nitrogens with zero attached hydrogens (tertiary/aromatic N) is 1. The van der Waals surface area contributed by atoms with Gasteiger partial charge in [0, 0.05) is 6.04 Å². The van der Waals surface area contributed by atoms with Crippen LogP contribution in [-0.4, -0.2) is 16.9 Å². The highest BCUT2D eigenvalue weighted by Crippen LogP contribution is 2.17. The summed E-state index contributed by atoms with van der Waals surface area (Å²) in [6, 6.07) is 7.01. The Morgan fingerprint density at radius 1 is 1.20 bits per heavy atom. The zero-order chi connectivity index (χ0) is 13.9. The second kappa shape index (κ2) is 5.45. The summed E-state index contributed by atoms with van der Waals surface area (Å²) in [5.74, 6) is -0.556. The van der Waals surface area contributed by atoms with Crippen LogP contribution in [0, 0.1) is 0 Å². The minimum Gasteiger partial charge on any atom is -0.398 e. The first-order chi connectivity index (χ1) is 9.74. The lowest BCUT2D eigenvalue weighted by atomic mass is 9.95. The van der Waals surface area contributed by atoms with E-state index in [0.29, 0.717) is 10.9 Å². The Labute approximate surface area is 116 Å². The van der Waals surface area contributed by atoms with Crippen LogP contribution >= 0.6 is 0 Å². The van der Waals surface area contributed by atoms with E-state index in [9.17, 15) is 9.59 Å². The van der Waals surface area contributed by atoms with Crippen molar-refractivity contribution in [3.63, 3.8) is 0 Å². The highest BCUT2D eigenvalue weighted by molar-refractivity contribution is 5.91. The maximum Gasteiger partial charge on any atom is 0.347 e. The van der Waals surface area contributed by atoms with E-state index < -0.39 is 11.5 Å². The molecule has 1 aromatic carbocycles. The largest absolute Gasteiger partial charge is 0.398 e. The maximum absolute atomic E-state index is 12.1. The van der Waals surface area contributed by atoms with E-state index in [1.165, 1.54) is 6.42 Å². The summed E-state index contributed by atoms with van der Waals surface area (Å²) in [4.78, 5) is 28.0. The smallest absolute Gasteiger partial charge is 0.347 e. The Morgan fingerprint density at radius 3 is 2.75 bits per heavy atom. The Morgan fingerprint density at radius 2 is 1.95 bits per heavy atom. The third-order valence-corrected chi connectivity index (χ3v) is 3.67. The fraction of sp³-hybridized carbons (Fsp3) is 0.400. The molecule has 2 aromatic rings. The highest BCUT2D eigenvalue weighted by atomic mass is 16.4. The first kappa shape index (κ1) is 12.8. The minimum atomic E-state index is -0.524. The van der Waals surface area contributed by atoms with Gasteiger partial charge in [0.2, 0.25) is 0 Å². The van der Waals surface area contributed by atoms with Crippen LogP contribution in [0.1, 0.15) is 42.8 Å². The number of fused-ring (bicyclic) bond motifs is 1. The van der Waals surface area contributed by atoms with Gasteiger partial charge in [0.1, 0.15) is 0 Å². The molecule has 0 saturated heterocycles. The van der Waals surface area contributed by atoms with Crippen molar-refractivity contribution in [2.75, 3.05) is 0 Å². The first-order valence-electron chi connectivity index (χ1n) is 6.95. The summed E-state index contributed by atoms with van der Waals surface area (Å²) < 4.78 is 5.02. The number of benzene rings is 1. The number of carbonyl (C=O) groups is 1. The number of hydrogen-bond acceptors (Lipinski definition) is 4. The third-order valence-electron chi connectivity index (χ3n) is 3.67. The summed E-state index contributed by atoms with van der Waals surface area (Å²) in [6.07, 6.45) is 5.42. The molecule has 104 valence electrons. The van der Waals surface area contributed by atoms with Crippen LogP contribution in [-0.2, 0) is 0 Å². The SMILES string of the molecule is O=C(NC1CCCCC1)c1nc2ccccc2c(=O)o1. The number of carbonyl (C=O) groups excluding carboxylic acids is 1. The van der Waals surface area contributed by atoms with E-state index in [-0.39, 0.29) is 11.9 Å². The third kappa shape index (κ3) is 2.57. The van der Waals surface area contributed by atoms with Crippen molar-refractivity contribution in [2.45, 2.75) is 38.1 Å². The average molecular weight is 272 g/mol. The molecule has 3 rings (SSSR count). The monoisotopic (exact) mass is 272 g/mol. The molecule has 1 N–H and O–H groups in total. The van der Waals surface area contributed by atoms with E-state index >= 15 is 0 Å². The molecule has 1 aliphatic rings. The lowest BCUT2D eigenvalue weighted by molar-refractivity contribution is 0.0887. The van der Waals surface area contributed by atoms with Crippen molar-refractivity contribution in [3.05, 3.63) is 40.6 Å². The van der Waals surface area contributed by atoms with E-state index in [2.05, 4.69) is 10.3 Å². The standard InChI is InChI=1S/C15H16N2O3/c18-13(16-10-6-2-1-3-7-10)14-17-12-9-5-4-8-11(12)15(19)20-14/h4-5,8-10H,1-3,6-7H2,(H,16,18). The van der Waals surface area contributed by atoms with Crippen LogP contribution in [0.4, 0.5) is 0 Å². The number of para-hydroxylation sites is 1. The maximum atomic E-state index is 12.1. The number of rotatable bonds is 2. The average Bonchev–Trinajstić information content (AvgIpc) is 2.48. The molecule has 0 atom stereocenters. The van der Waals surface area contributed by atoms with Crippen LogP contribution in [0.2, 0.25) is 0 Å². The van der Waals surface area contributed by atoms with Gasteiger partial charge >= 0.3 is 11.5 Å². The van der Waals surface area contributed by atoms with Gasteiger partial charge in [-0.25, -0.2) is 9.78 Å². The molecule has 5 nitrogen and oxygen atoms in total. The molecule has 1 amide bonds. The van der Waals surface area contributed by atoms with Crippen LogP contribution < -0.4 is 10.9 Å². The van der Waals surface area contributed by atoms with Gasteiger partial charge in [-0.2, -0.15) is 0 Å². The predicted octanol–water partition coefficient (Wildman–Crippen LogP) is 2.25. The van der Waals surface area contributed by atoms with Gasteiger partial charge in [0.05, 0.1) is 10.9 Å². The van der Waals surface area contributed by atoms with Gasteiger partial charge in [0.15, 0.2) is 0 Å². The fourth-order valence-corrected chi connectivity index (χ4v) is 2.61. The molecule has 0 unspecified atom stereocenters. The summed E-state index contributed by atoms with van der Waals surface area (Å²) >= 11 is 0. The predicted molar refractivity (Wildman–Crippen MR) is 74.6 cm³/mol. The zero-order valence-electron chi connectivity index (χ0n) is 11.1. The second-order valence-corrected chi connectivity index (χ2v) is 5.13. The Bertz CT molecular complexity index is 687. The first-order valence-corrected chi connectivity index (χ1v) is 6.95. The van der Waals surface area contributed by atoms with Crippen molar-refractivity contribution < 1.29 is 9.21 Å². The van der Waals surface area contributed by atoms with Crippen molar-refractivity contribution >= 4 is 16.8 Å². The van der Waals surface area contributed by atoms with Crippen molar-refractivity contribution in [3.8, 4) is 0 Å². The summed E-state index contributed by atoms with van der Waals surface area (Å²) in [7, 11) is 0. The van der Waals surface area contributed by atoms with E-state index in [0.717, 1.165) is 25.7 Å². The molecule has 1 saturated carbocycles. The Hall–Kier alpha value is -2.17. The molecule has 1 aromatic heterocycles. The van der Waals surface area contributed by atoms with Crippen LogP contribution in [0.25, 0.3) is 10.9 Å². The van der Waals surface area contributed by atoms with E-state index in [4.69, 9.17) is 4.42 Å². The zero-order valence-corrected chi connectivity index (χ0v) is 11.1. The normalized spacial score (nSPS) is 16.2. The number of nitrogens with one attached hydrogen (secondary N) is 1. The molecule has 0 radical (unpaired) electrons. The van der Waals surface area contributed by atoms with Gasteiger partial charge in [-0.1, -0.05) is 31.4 Å². The number of amides is 1. The quantitative estimate of drug-likeness (QED) is 0.910. The van der Waals surface area contributed by atoms with Crippen LogP contribution in [0.15, 0.2) is 33.5 Å². The summed E-state index contributed by atoms with van der Waals surface area (Å²) in [5.41, 5.74) is -0.0399. The second-order valence-electron chi connectivity index (χ2n) is 5.13. The molecule has 5 heteroatoms. The molecule has 0 bridgehead atoms. The molecule has 0 aliphatic heterocycles. The van der Waals surface area contributed by atoms with Crippen LogP contribution in [0.5, 0.6) is 0 Å². The molecule has 1 aliphatic carbocycles. The highest BCUT2D eigenvalue weighted by Gasteiger charge is 2.20. The molecular weight excluding hydrogens is 256 g/mol. The Kier molecular flexibility index (Phi) is 3.50. The number of aromatic nitrogens is 1. The van der Waals surface area contributed by atoms with Gasteiger partial charge in [-0.3, -0.25) is 4.79 Å². The molecular formula is C15H16N2O3. The topological polar surface area (TPSA) is 72.2 Å². The molecule has 1 fully saturated rings. The lowest BCUT2D eigenvalue weighted by Crippen LogP contribution is -2.37. The fourth-order valence-electron chi connectivity index (χ4n) is 2.61. The van der Waals surface area contributed by atoms with Crippen molar-refractivity contribution in [1.29, 1.82) is 0 Å². The number of hydrogen-bond donors (Lipinski definition) is 1. The lowest BCUT2D eigenvalue weighted by Gasteiger charge is -2.22. The summed E-state index contributed by atoms with van der Waals surface area (Å²) in [5, 5.41) is 3.28. The van der Waals surface area contributed by atoms with Gasteiger partial charge < -0.3 is 9.73 Å². The van der Waals surface area contributed by atoms with Gasteiger partial charge in [-0.05, 0) is 25.0 Å². The molecule has 0 spiro atoms. The van der Waals surface area contributed by atoms with Crippen molar-refractivity contribution in [1.82, 2.24) is 10.3 Å². The van der Waals surface area contributed by atoms with Crippen molar-refractivity contribution in [2.24, 2.45) is 0 Å². The van der Waals surface area contributed by atoms with Crippen LogP contribution in [0.3, 0.4) is 0 Å². The van der Waals surface area contributed by atoms with E-state index in [1.807, 2.05) is 0 Å². The van der Waals surface area contributed by atoms with E-state index in [1.54, 1.807) is 24.3 Å².